The van der Waals surface area contributed by atoms with Crippen LogP contribution < -0.4 is 4.72 Å². The zero-order valence-corrected chi connectivity index (χ0v) is 55.9. The zero-order valence-electron chi connectivity index (χ0n) is 52.6. The highest BCUT2D eigenvalue weighted by Crippen LogP contribution is 1.95. The summed E-state index contributed by atoms with van der Waals surface area (Å²) in [5, 5.41) is 15.6. The molecule has 0 atom stereocenters. The number of sulfonamides is 3. The molecule has 0 unspecified atom stereocenters. The Morgan fingerprint density at radius 3 is 1.05 bits per heavy atom. The first kappa shape index (κ1) is 99.3. The van der Waals surface area contributed by atoms with Crippen molar-refractivity contribution in [3.05, 3.63) is 11.4 Å². The molecule has 0 saturated carbocycles. The molecule has 0 bridgehead atoms. The molecule has 0 aromatic heterocycles. The Kier molecular flexibility index (Phi) is 85.7. The van der Waals surface area contributed by atoms with E-state index in [2.05, 4.69) is 19.0 Å². The monoisotopic (exact) mass is 1210 g/mol. The van der Waals surface area contributed by atoms with E-state index in [0.29, 0.717) is 64.3 Å². The lowest BCUT2D eigenvalue weighted by Crippen LogP contribution is -2.26. The number of aliphatic carboxylic acids is 2. The molecule has 24 nitrogen and oxygen atoms in total. The highest BCUT2D eigenvalue weighted by Gasteiger charge is 2.09. The maximum atomic E-state index is 10.8. The van der Waals surface area contributed by atoms with Gasteiger partial charge < -0.3 is 34.3 Å². The summed E-state index contributed by atoms with van der Waals surface area (Å²) in [7, 11) is 0.272. The maximum Gasteiger partial charge on any atom is 0.305 e. The molecule has 3 N–H and O–H groups in total. The van der Waals surface area contributed by atoms with E-state index in [4.69, 9.17) is 16.8 Å². The average Bonchev–Trinajstić information content (AvgIpc) is 3.32. The van der Waals surface area contributed by atoms with Crippen LogP contribution in [0, 0.1) is 12.5 Å². The molecule has 28 heteroatoms. The number of carboxylic acid groups (broad SMARTS) is 2. The van der Waals surface area contributed by atoms with Crippen molar-refractivity contribution < 1.29 is 82.1 Å². The van der Waals surface area contributed by atoms with Crippen molar-refractivity contribution in [2.45, 2.75) is 168 Å². The molecule has 0 heterocycles. The van der Waals surface area contributed by atoms with Crippen molar-refractivity contribution in [2.75, 3.05) is 112 Å². The molecule has 0 fully saturated rings. The minimum Gasteiger partial charge on any atom is -0.481 e. The number of carbonyl (C=O) groups excluding carboxylic acids is 4. The first-order valence-electron chi connectivity index (χ1n) is 25.9. The minimum absolute atomic E-state index is 0.0880. The van der Waals surface area contributed by atoms with Crippen molar-refractivity contribution in [3.63, 3.8) is 0 Å². The van der Waals surface area contributed by atoms with Crippen molar-refractivity contribution in [2.24, 2.45) is 5.92 Å². The number of amides is 2. The Morgan fingerprint density at radius 2 is 0.974 bits per heavy atom. The number of hydrogen-bond donors (Lipinski definition) is 3. The van der Waals surface area contributed by atoms with Gasteiger partial charge in [-0.25, -0.2) is 53.6 Å². The maximum absolute atomic E-state index is 10.8. The van der Waals surface area contributed by atoms with Crippen LogP contribution in [0.4, 0.5) is 0 Å². The lowest BCUT2D eigenvalue weighted by atomic mass is 10.2. The second kappa shape index (κ2) is 67.3. The van der Waals surface area contributed by atoms with E-state index in [9.17, 15) is 62.4 Å². The summed E-state index contributed by atoms with van der Waals surface area (Å²) in [6.07, 6.45) is 8.91. The van der Waals surface area contributed by atoms with Crippen molar-refractivity contribution >= 4 is 75.6 Å². The van der Waals surface area contributed by atoms with Gasteiger partial charge in [-0.05, 0) is 53.4 Å². The van der Waals surface area contributed by atoms with E-state index in [1.165, 1.54) is 35.2 Å². The van der Waals surface area contributed by atoms with E-state index in [1.807, 2.05) is 55.4 Å². The number of carboxylic acids is 2. The van der Waals surface area contributed by atoms with Gasteiger partial charge in [0.15, 0.2) is 0 Å². The van der Waals surface area contributed by atoms with Crippen LogP contribution in [0.25, 0.3) is 4.85 Å². The van der Waals surface area contributed by atoms with Crippen LogP contribution in [0.5, 0.6) is 0 Å². The van der Waals surface area contributed by atoms with E-state index in [-0.39, 0.29) is 47.6 Å². The summed E-state index contributed by atoms with van der Waals surface area (Å²) in [4.78, 5) is 67.3. The van der Waals surface area contributed by atoms with Crippen molar-refractivity contribution in [3.8, 4) is 0 Å². The fraction of sp³-hybridized carbons (Fsp3) is 0.860. The zero-order chi connectivity index (χ0) is 64.9. The number of carbonyl (C=O) groups is 6. The van der Waals surface area contributed by atoms with Gasteiger partial charge in [0.25, 0.3) is 0 Å². The second-order valence-corrected chi connectivity index (χ2v) is 25.2. The first-order chi connectivity index (χ1) is 35.5. The number of sulfone groups is 1. The van der Waals surface area contributed by atoms with Gasteiger partial charge in [0.2, 0.25) is 48.4 Å². The van der Waals surface area contributed by atoms with Gasteiger partial charge in [0.1, 0.15) is 9.84 Å². The topological polar surface area (TPSA) is 327 Å². The summed E-state index contributed by atoms with van der Waals surface area (Å²) in [6, 6.07) is 0. The second-order valence-electron chi connectivity index (χ2n) is 16.3. The summed E-state index contributed by atoms with van der Waals surface area (Å²) >= 11 is 0. The molecule has 0 rings (SSSR count). The molecule has 0 spiro atoms. The third-order valence-corrected chi connectivity index (χ3v) is 13.5. The van der Waals surface area contributed by atoms with Crippen LogP contribution in [0.3, 0.4) is 0 Å². The Bertz CT molecular complexity index is 1900. The average molecular weight is 1210 g/mol. The third kappa shape index (κ3) is 112. The molecule has 474 valence electrons. The largest absolute Gasteiger partial charge is 0.481 e. The summed E-state index contributed by atoms with van der Waals surface area (Å²) in [6.45, 7) is 36.1. The fourth-order valence-corrected chi connectivity index (χ4v) is 5.54. The predicted molar refractivity (Wildman–Crippen MR) is 317 cm³/mol. The van der Waals surface area contributed by atoms with E-state index < -0.39 is 51.8 Å². The Labute approximate surface area is 476 Å². The molecule has 2 amide bonds. The van der Waals surface area contributed by atoms with E-state index in [0.717, 1.165) is 32.1 Å². The van der Waals surface area contributed by atoms with Gasteiger partial charge in [-0.1, -0.05) is 76.2 Å². The highest BCUT2D eigenvalue weighted by atomic mass is 32.2. The summed E-state index contributed by atoms with van der Waals surface area (Å²) < 4.78 is 97.7. The Balaban J connectivity index is -0.0000000706. The van der Waals surface area contributed by atoms with Gasteiger partial charge in [-0.2, -0.15) is 0 Å². The number of ether oxygens (including phenoxy) is 2. The number of hydrogen-bond acceptors (Lipinski definition) is 16. The molecule has 0 radical (unpaired) electrons. The SMILES string of the molecule is CC(C)C(=O)N(C)C.CCC(=O)O.CCCC(=O)N(C)C.CCCC(=O)O.CCCC(=O)OCC.CCCS(C)(=O)=O.CCN(C)S(C)(=O)=O.CCNS(=O)(=O)CC.CCOC(=O)CC.CCS(=O)(=O)N(C)C.[C-]#[N+]CCC. The van der Waals surface area contributed by atoms with Gasteiger partial charge in [-0.15, -0.1) is 0 Å². The third-order valence-electron chi connectivity index (χ3n) is 7.60. The summed E-state index contributed by atoms with van der Waals surface area (Å²) in [5.74, 6) is -0.476. The lowest BCUT2D eigenvalue weighted by Gasteiger charge is -2.11. The number of nitrogens with zero attached hydrogens (tertiary/aromatic N) is 5. The van der Waals surface area contributed by atoms with Crippen LogP contribution in [-0.2, 0) is 78.1 Å². The summed E-state index contributed by atoms with van der Waals surface area (Å²) in [5.41, 5.74) is 0. The molecule has 0 saturated heterocycles. The smallest absolute Gasteiger partial charge is 0.305 e. The van der Waals surface area contributed by atoms with Crippen LogP contribution in [-0.4, -0.2) is 210 Å². The van der Waals surface area contributed by atoms with Crippen LogP contribution >= 0.6 is 0 Å². The highest BCUT2D eigenvalue weighted by molar-refractivity contribution is 7.90. The first-order valence-corrected chi connectivity index (χ1v) is 33.1. The molecule has 0 aliphatic rings. The molecular formula is C50H112N6O18S4. The number of nitrogens with one attached hydrogen (secondary N) is 1. The Morgan fingerprint density at radius 1 is 0.564 bits per heavy atom. The van der Waals surface area contributed by atoms with E-state index >= 15 is 0 Å². The standard InChI is InChI=1S/2C6H13NO.C6H12O2.C5H10O2.3C4H11NO2S.C4H7N.C4H10O2S.C4H8O2.C3H6O2/c1-5(2)6(8)7(3)4;1-4-5-6(8)7(2)3;1-3-5-6(7)8-4-2;1-3-5(6)7-4-2;1-4-5(2)8(3,6)7;1-4-8(6,7)5(2)3;1-3-5-8(6,7)4-2;1-3-4-5-2;1-3-4-7(2,5)6;1-2-3-4(5)6;1-2-3(4)5/h5H,1-4H3;4-5H2,1-3H3;3-5H2,1-2H3;3-4H2,1-2H3;2*4H2,1-3H3;5H,3-4H2,1-2H3;3-4H2,1H3;3-4H2,1-2H3;2-3H2,1H3,(H,5,6);2H2,1H3,(H,4,5). The van der Waals surface area contributed by atoms with Crippen molar-refractivity contribution in [1.82, 2.24) is 23.1 Å². The van der Waals surface area contributed by atoms with E-state index in [1.54, 1.807) is 93.5 Å². The van der Waals surface area contributed by atoms with Gasteiger partial charge in [0, 0.05) is 119 Å². The molecule has 0 aromatic carbocycles. The van der Waals surface area contributed by atoms with Crippen LogP contribution in [0.2, 0.25) is 0 Å². The molecule has 78 heavy (non-hydrogen) atoms. The molecule has 0 aliphatic heterocycles. The molecule has 0 aromatic rings. The predicted octanol–water partition coefficient (Wildman–Crippen LogP) is 6.76. The van der Waals surface area contributed by atoms with Gasteiger partial charge >= 0.3 is 23.9 Å². The lowest BCUT2D eigenvalue weighted by molar-refractivity contribution is -0.143. The van der Waals surface area contributed by atoms with Crippen molar-refractivity contribution in [1.29, 1.82) is 0 Å². The van der Waals surface area contributed by atoms with Crippen LogP contribution in [0.1, 0.15) is 168 Å². The fourth-order valence-electron chi connectivity index (χ4n) is 3.17. The number of esters is 2. The Hall–Kier alpha value is -4.01. The number of rotatable bonds is 21. The normalized spacial score (nSPS) is 9.87. The molecule has 0 aliphatic carbocycles. The van der Waals surface area contributed by atoms with Gasteiger partial charge in [0.05, 0.1) is 31.0 Å². The van der Waals surface area contributed by atoms with Gasteiger partial charge in [-0.3, -0.25) is 28.8 Å². The minimum atomic E-state index is -2.92. The quantitative estimate of drug-likeness (QED) is 0.0789. The molecular weight excluding hydrogens is 1100 g/mol. The van der Waals surface area contributed by atoms with Crippen LogP contribution in [0.15, 0.2) is 0 Å².